The zero-order chi connectivity index (χ0) is 15.2. The molecule has 0 aromatic rings. The molecule has 0 spiro atoms. The van der Waals surface area contributed by atoms with Crippen LogP contribution in [-0.2, 0) is 0 Å². The van der Waals surface area contributed by atoms with Crippen LogP contribution >= 0.6 is 0 Å². The maximum atomic E-state index is 8.81. The smallest absolute Gasteiger partial charge is 0.0820 e. The standard InChI is InChI=1S/C19H28O/c1-15(8-6-9-16(2)14-20)11-12-18-17(3)10-7-13-19(18,4)5/h6,8-9,11-12,14,20H,7,10,13H2,1-5H3/b9-6+,12-11+,15-8-,16-14?. The van der Waals surface area contributed by atoms with Crippen molar-refractivity contribution in [3.63, 3.8) is 0 Å². The highest BCUT2D eigenvalue weighted by atomic mass is 16.2. The molecule has 1 rings (SSSR count). The molecule has 0 aromatic heterocycles. The van der Waals surface area contributed by atoms with Crippen LogP contribution in [0.1, 0.15) is 53.9 Å². The summed E-state index contributed by atoms with van der Waals surface area (Å²) < 4.78 is 0. The molecule has 0 bridgehead atoms. The van der Waals surface area contributed by atoms with Gasteiger partial charge in [0.2, 0.25) is 0 Å². The van der Waals surface area contributed by atoms with Crippen LogP contribution in [0, 0.1) is 5.41 Å². The van der Waals surface area contributed by atoms with Crippen molar-refractivity contribution in [3.05, 3.63) is 58.9 Å². The van der Waals surface area contributed by atoms with E-state index in [2.05, 4.69) is 45.9 Å². The summed E-state index contributed by atoms with van der Waals surface area (Å²) in [7, 11) is 0. The van der Waals surface area contributed by atoms with Gasteiger partial charge in [-0.25, -0.2) is 0 Å². The third kappa shape index (κ3) is 4.88. The quantitative estimate of drug-likeness (QED) is 0.489. The Kier molecular flexibility index (Phi) is 6.06. The van der Waals surface area contributed by atoms with Crippen LogP contribution in [0.2, 0.25) is 0 Å². The molecule has 1 heteroatoms. The topological polar surface area (TPSA) is 20.2 Å². The van der Waals surface area contributed by atoms with Crippen LogP contribution in [-0.4, -0.2) is 5.11 Å². The van der Waals surface area contributed by atoms with E-state index in [1.54, 1.807) is 0 Å². The van der Waals surface area contributed by atoms with E-state index in [4.69, 9.17) is 5.11 Å². The summed E-state index contributed by atoms with van der Waals surface area (Å²) in [4.78, 5) is 0. The molecule has 1 aliphatic carbocycles. The molecule has 0 heterocycles. The number of hydrogen-bond acceptors (Lipinski definition) is 1. The highest BCUT2D eigenvalue weighted by Gasteiger charge is 2.26. The Labute approximate surface area is 124 Å². The summed E-state index contributed by atoms with van der Waals surface area (Å²) in [6, 6.07) is 0. The lowest BCUT2D eigenvalue weighted by Gasteiger charge is -2.32. The Bertz CT molecular complexity index is 482. The first kappa shape index (κ1) is 16.6. The second-order valence-electron chi connectivity index (χ2n) is 6.41. The van der Waals surface area contributed by atoms with Gasteiger partial charge >= 0.3 is 0 Å². The normalized spacial score (nSPS) is 21.2. The summed E-state index contributed by atoms with van der Waals surface area (Å²) >= 11 is 0. The molecule has 0 fully saturated rings. The van der Waals surface area contributed by atoms with Gasteiger partial charge in [-0.1, -0.05) is 55.4 Å². The van der Waals surface area contributed by atoms with Gasteiger partial charge in [-0.15, -0.1) is 0 Å². The highest BCUT2D eigenvalue weighted by molar-refractivity contribution is 5.37. The summed E-state index contributed by atoms with van der Waals surface area (Å²) in [5.41, 5.74) is 5.39. The van der Waals surface area contributed by atoms with Gasteiger partial charge < -0.3 is 5.11 Å². The van der Waals surface area contributed by atoms with Gasteiger partial charge in [-0.2, -0.15) is 0 Å². The molecule has 0 unspecified atom stereocenters. The van der Waals surface area contributed by atoms with Crippen molar-refractivity contribution in [1.29, 1.82) is 0 Å². The predicted molar refractivity (Wildman–Crippen MR) is 88.8 cm³/mol. The van der Waals surface area contributed by atoms with Gasteiger partial charge in [0, 0.05) is 0 Å². The number of aliphatic hydroxyl groups excluding tert-OH is 1. The summed E-state index contributed by atoms with van der Waals surface area (Å²) in [5, 5.41) is 8.81. The second-order valence-corrected chi connectivity index (χ2v) is 6.41. The minimum absolute atomic E-state index is 0.297. The van der Waals surface area contributed by atoms with E-state index >= 15 is 0 Å². The lowest BCUT2D eigenvalue weighted by molar-refractivity contribution is 0.377. The van der Waals surface area contributed by atoms with Gasteiger partial charge in [0.1, 0.15) is 0 Å². The van der Waals surface area contributed by atoms with Crippen LogP contribution in [0.25, 0.3) is 0 Å². The third-order valence-electron chi connectivity index (χ3n) is 3.98. The first-order chi connectivity index (χ1) is 9.36. The van der Waals surface area contributed by atoms with Crippen LogP contribution in [0.3, 0.4) is 0 Å². The number of rotatable bonds is 4. The van der Waals surface area contributed by atoms with E-state index in [9.17, 15) is 0 Å². The van der Waals surface area contributed by atoms with E-state index in [0.29, 0.717) is 5.41 Å². The Morgan fingerprint density at radius 1 is 1.15 bits per heavy atom. The van der Waals surface area contributed by atoms with E-state index in [1.165, 1.54) is 36.0 Å². The molecular weight excluding hydrogens is 244 g/mol. The predicted octanol–water partition coefficient (Wildman–Crippen LogP) is 6.03. The summed E-state index contributed by atoms with van der Waals surface area (Å²) in [6.07, 6.45) is 15.3. The Hall–Kier alpha value is -1.50. The molecule has 1 N–H and O–H groups in total. The van der Waals surface area contributed by atoms with Crippen LogP contribution < -0.4 is 0 Å². The largest absolute Gasteiger partial charge is 0.515 e. The Balaban J connectivity index is 2.81. The van der Waals surface area contributed by atoms with Crippen molar-refractivity contribution in [3.8, 4) is 0 Å². The van der Waals surface area contributed by atoms with Crippen LogP contribution in [0.15, 0.2) is 58.9 Å². The zero-order valence-corrected chi connectivity index (χ0v) is 13.5. The van der Waals surface area contributed by atoms with E-state index in [0.717, 1.165) is 11.8 Å². The Morgan fingerprint density at radius 3 is 2.45 bits per heavy atom. The van der Waals surface area contributed by atoms with Crippen molar-refractivity contribution in [2.75, 3.05) is 0 Å². The van der Waals surface area contributed by atoms with Crippen molar-refractivity contribution in [2.24, 2.45) is 5.41 Å². The molecule has 110 valence electrons. The van der Waals surface area contributed by atoms with E-state index in [1.807, 2.05) is 19.1 Å². The number of aliphatic hydroxyl groups is 1. The lowest BCUT2D eigenvalue weighted by atomic mass is 9.72. The molecule has 0 saturated carbocycles. The number of allylic oxidation sites excluding steroid dienone is 9. The second kappa shape index (κ2) is 7.33. The van der Waals surface area contributed by atoms with Gasteiger partial charge in [-0.3, -0.25) is 0 Å². The maximum absolute atomic E-state index is 8.81. The fourth-order valence-corrected chi connectivity index (χ4v) is 2.68. The maximum Gasteiger partial charge on any atom is 0.0820 e. The molecule has 0 saturated heterocycles. The zero-order valence-electron chi connectivity index (χ0n) is 13.5. The minimum atomic E-state index is 0.297. The van der Waals surface area contributed by atoms with Crippen molar-refractivity contribution < 1.29 is 5.11 Å². The summed E-state index contributed by atoms with van der Waals surface area (Å²) in [6.45, 7) is 10.9. The average molecular weight is 272 g/mol. The molecule has 0 aromatic carbocycles. The minimum Gasteiger partial charge on any atom is -0.515 e. The van der Waals surface area contributed by atoms with Gasteiger partial charge in [-0.05, 0) is 56.6 Å². The Morgan fingerprint density at radius 2 is 1.85 bits per heavy atom. The van der Waals surface area contributed by atoms with Crippen LogP contribution in [0.4, 0.5) is 0 Å². The highest BCUT2D eigenvalue weighted by Crippen LogP contribution is 2.40. The molecule has 0 aliphatic heterocycles. The lowest BCUT2D eigenvalue weighted by Crippen LogP contribution is -2.19. The fourth-order valence-electron chi connectivity index (χ4n) is 2.68. The van der Waals surface area contributed by atoms with E-state index < -0.39 is 0 Å². The average Bonchev–Trinajstić information content (AvgIpc) is 2.37. The monoisotopic (exact) mass is 272 g/mol. The molecule has 20 heavy (non-hydrogen) atoms. The van der Waals surface area contributed by atoms with Crippen molar-refractivity contribution in [1.82, 2.24) is 0 Å². The van der Waals surface area contributed by atoms with Gasteiger partial charge in [0.15, 0.2) is 0 Å². The SMILES string of the molecule is CC(=CO)/C=C/C=C(C)\C=C\C1=C(C)CCCC1(C)C. The van der Waals surface area contributed by atoms with Gasteiger partial charge in [0.25, 0.3) is 0 Å². The first-order valence-electron chi connectivity index (χ1n) is 7.41. The van der Waals surface area contributed by atoms with E-state index in [-0.39, 0.29) is 0 Å². The van der Waals surface area contributed by atoms with Crippen molar-refractivity contribution in [2.45, 2.75) is 53.9 Å². The fraction of sp³-hybridized carbons (Fsp3) is 0.474. The molecule has 0 radical (unpaired) electrons. The molecular formula is C19H28O. The molecule has 1 aliphatic rings. The molecule has 0 atom stereocenters. The summed E-state index contributed by atoms with van der Waals surface area (Å²) in [5.74, 6) is 0. The molecule has 0 amide bonds. The van der Waals surface area contributed by atoms with Crippen molar-refractivity contribution >= 4 is 0 Å². The molecule has 1 nitrogen and oxygen atoms in total. The van der Waals surface area contributed by atoms with Crippen LogP contribution in [0.5, 0.6) is 0 Å². The number of hydrogen-bond donors (Lipinski definition) is 1. The van der Waals surface area contributed by atoms with Gasteiger partial charge in [0.05, 0.1) is 6.26 Å². The first-order valence-corrected chi connectivity index (χ1v) is 7.41. The third-order valence-corrected chi connectivity index (χ3v) is 3.98.